The van der Waals surface area contributed by atoms with Crippen LogP contribution in [0.4, 0.5) is 3.89 Å². The molecule has 174 valence electrons. The van der Waals surface area contributed by atoms with Gasteiger partial charge in [0, 0.05) is 23.4 Å². The molecule has 0 atom stereocenters. The van der Waals surface area contributed by atoms with Crippen LogP contribution in [0.25, 0.3) is 32.2 Å². The molecule has 0 aliphatic carbocycles. The highest BCUT2D eigenvalue weighted by molar-refractivity contribution is 7.92. The fraction of sp³-hybridized carbons (Fsp3) is 0.0870. The third-order valence-electron chi connectivity index (χ3n) is 5.93. The van der Waals surface area contributed by atoms with Crippen molar-refractivity contribution in [1.29, 1.82) is 0 Å². The van der Waals surface area contributed by atoms with E-state index in [0.29, 0.717) is 32.8 Å². The number of aryl methyl sites for hydroxylation is 1. The summed E-state index contributed by atoms with van der Waals surface area (Å²) in [6.45, 7) is 0.210. The molecular formula is C23H16FN7O2S2. The van der Waals surface area contributed by atoms with Crippen LogP contribution in [0.3, 0.4) is 0 Å². The molecule has 0 saturated carbocycles. The van der Waals surface area contributed by atoms with Crippen molar-refractivity contribution in [2.45, 2.75) is 6.54 Å². The van der Waals surface area contributed by atoms with Gasteiger partial charge < -0.3 is 9.77 Å². The maximum absolute atomic E-state index is 13.4. The quantitative estimate of drug-likeness (QED) is 0.212. The van der Waals surface area contributed by atoms with Gasteiger partial charge in [0.2, 0.25) is 0 Å². The lowest BCUT2D eigenvalue weighted by atomic mass is 10.1. The van der Waals surface area contributed by atoms with Gasteiger partial charge in [-0.25, -0.2) is 9.67 Å². The first-order chi connectivity index (χ1) is 17.1. The van der Waals surface area contributed by atoms with Crippen LogP contribution in [0.2, 0.25) is 0 Å². The average molecular weight is 506 g/mol. The number of oxime groups is 1. The van der Waals surface area contributed by atoms with Crippen molar-refractivity contribution >= 4 is 61.5 Å². The van der Waals surface area contributed by atoms with Crippen molar-refractivity contribution in [3.05, 3.63) is 87.4 Å². The zero-order valence-corrected chi connectivity index (χ0v) is 19.8. The van der Waals surface area contributed by atoms with Gasteiger partial charge in [0.15, 0.2) is 18.0 Å². The third kappa shape index (κ3) is 3.33. The maximum Gasteiger partial charge on any atom is 0.291 e. The van der Waals surface area contributed by atoms with Crippen LogP contribution in [0.5, 0.6) is 0 Å². The highest BCUT2D eigenvalue weighted by Gasteiger charge is 2.21. The lowest BCUT2D eigenvalue weighted by molar-refractivity contribution is 0.319. The molecule has 4 heterocycles. The second kappa shape index (κ2) is 8.32. The Kier molecular flexibility index (Phi) is 5.11. The maximum atomic E-state index is 13.4. The summed E-state index contributed by atoms with van der Waals surface area (Å²) in [6.07, 6.45) is 3.23. The van der Waals surface area contributed by atoms with Crippen LogP contribution >= 0.6 is 23.7 Å². The summed E-state index contributed by atoms with van der Waals surface area (Å²) < 4.78 is 18.2. The number of rotatable bonds is 5. The van der Waals surface area contributed by atoms with E-state index in [2.05, 4.69) is 20.3 Å². The minimum absolute atomic E-state index is 0.0217. The SMILES string of the molecule is Cn1c2nc(/C(=N\O)c3ccccc3)sc2c2cnn(Cc3cccc4c3cnn4SF)c(=O)c21. The van der Waals surface area contributed by atoms with Gasteiger partial charge in [-0.1, -0.05) is 47.6 Å². The van der Waals surface area contributed by atoms with Crippen molar-refractivity contribution in [3.63, 3.8) is 0 Å². The highest BCUT2D eigenvalue weighted by atomic mass is 32.2. The number of aromatic nitrogens is 6. The molecule has 1 N–H and O–H groups in total. The van der Waals surface area contributed by atoms with E-state index in [1.807, 2.05) is 36.4 Å². The molecule has 0 aliphatic rings. The van der Waals surface area contributed by atoms with Crippen molar-refractivity contribution < 1.29 is 9.09 Å². The van der Waals surface area contributed by atoms with Gasteiger partial charge in [0.05, 0.1) is 29.2 Å². The fourth-order valence-corrected chi connectivity index (χ4v) is 5.70. The molecule has 0 radical (unpaired) electrons. The molecule has 35 heavy (non-hydrogen) atoms. The van der Waals surface area contributed by atoms with Gasteiger partial charge in [0.1, 0.15) is 16.2 Å². The van der Waals surface area contributed by atoms with E-state index in [0.717, 1.165) is 21.2 Å². The summed E-state index contributed by atoms with van der Waals surface area (Å²) in [5, 5.41) is 23.5. The monoisotopic (exact) mass is 505 g/mol. The molecule has 0 spiro atoms. The lowest BCUT2D eigenvalue weighted by Crippen LogP contribution is -2.24. The van der Waals surface area contributed by atoms with Gasteiger partial charge in [-0.2, -0.15) is 14.3 Å². The summed E-state index contributed by atoms with van der Waals surface area (Å²) in [5.41, 5.74) is 3.35. The molecular weight excluding hydrogens is 489 g/mol. The molecule has 6 aromatic rings. The highest BCUT2D eigenvalue weighted by Crippen LogP contribution is 2.32. The van der Waals surface area contributed by atoms with E-state index in [-0.39, 0.29) is 24.4 Å². The Morgan fingerprint density at radius 3 is 2.69 bits per heavy atom. The molecule has 0 fully saturated rings. The summed E-state index contributed by atoms with van der Waals surface area (Å²) >= 11 is 1.36. The van der Waals surface area contributed by atoms with Crippen LogP contribution < -0.4 is 5.56 Å². The first-order valence-corrected chi connectivity index (χ1v) is 12.0. The molecule has 9 nitrogen and oxygen atoms in total. The first-order valence-electron chi connectivity index (χ1n) is 10.5. The van der Waals surface area contributed by atoms with E-state index in [1.165, 1.54) is 20.1 Å². The van der Waals surface area contributed by atoms with Crippen molar-refractivity contribution in [3.8, 4) is 0 Å². The minimum atomic E-state index is -0.264. The Labute approximate surface area is 205 Å². The van der Waals surface area contributed by atoms with Gasteiger partial charge in [-0.05, 0) is 11.6 Å². The topological polar surface area (TPSA) is 103 Å². The van der Waals surface area contributed by atoms with Crippen LogP contribution in [-0.4, -0.2) is 39.4 Å². The molecule has 4 aromatic heterocycles. The van der Waals surface area contributed by atoms with Gasteiger partial charge >= 0.3 is 0 Å². The number of hydrogen-bond donors (Lipinski definition) is 1. The second-order valence-corrected chi connectivity index (χ2v) is 9.33. The Hall–Kier alpha value is -4.03. The average Bonchev–Trinajstić information content (AvgIpc) is 3.57. The summed E-state index contributed by atoms with van der Waals surface area (Å²) in [6, 6.07) is 14.7. The Balaban J connectivity index is 1.45. The number of halogens is 1. The molecule has 0 aliphatic heterocycles. The van der Waals surface area contributed by atoms with E-state index in [4.69, 9.17) is 0 Å². The van der Waals surface area contributed by atoms with Gasteiger partial charge in [-0.3, -0.25) is 4.79 Å². The number of hydrogen-bond acceptors (Lipinski definition) is 8. The molecule has 0 saturated heterocycles. The Bertz CT molecular complexity index is 1820. The van der Waals surface area contributed by atoms with Crippen LogP contribution in [0, 0.1) is 0 Å². The van der Waals surface area contributed by atoms with Gasteiger partial charge in [-0.15, -0.1) is 15.2 Å². The molecule has 6 rings (SSSR count). The molecule has 12 heteroatoms. The van der Waals surface area contributed by atoms with Crippen molar-refractivity contribution in [1.82, 2.24) is 28.5 Å². The largest absolute Gasteiger partial charge is 0.410 e. The zero-order valence-electron chi connectivity index (χ0n) is 18.2. The number of benzene rings is 2. The zero-order chi connectivity index (χ0) is 24.1. The minimum Gasteiger partial charge on any atom is -0.410 e. The van der Waals surface area contributed by atoms with Crippen LogP contribution in [0.1, 0.15) is 16.1 Å². The summed E-state index contributed by atoms with van der Waals surface area (Å²) in [7, 11) is 1.78. The van der Waals surface area contributed by atoms with Crippen LogP contribution in [-0.2, 0) is 13.6 Å². The van der Waals surface area contributed by atoms with Crippen LogP contribution in [0.15, 0.2) is 70.9 Å². The lowest BCUT2D eigenvalue weighted by Gasteiger charge is -2.07. The fourth-order valence-electron chi connectivity index (χ4n) is 4.27. The smallest absolute Gasteiger partial charge is 0.291 e. The van der Waals surface area contributed by atoms with E-state index < -0.39 is 0 Å². The second-order valence-electron chi connectivity index (χ2n) is 7.85. The molecule has 0 unspecified atom stereocenters. The number of fused-ring (bicyclic) bond motifs is 4. The molecule has 0 bridgehead atoms. The van der Waals surface area contributed by atoms with Crippen molar-refractivity contribution in [2.24, 2.45) is 12.2 Å². The number of nitrogens with zero attached hydrogens (tertiary/aromatic N) is 7. The molecule has 0 amide bonds. The Morgan fingerprint density at radius 2 is 1.91 bits per heavy atom. The predicted octanol–water partition coefficient (Wildman–Crippen LogP) is 4.35. The number of thiazole rings is 1. The van der Waals surface area contributed by atoms with E-state index in [1.54, 1.807) is 36.1 Å². The summed E-state index contributed by atoms with van der Waals surface area (Å²) in [5.74, 6) is 0. The molecule has 2 aromatic carbocycles. The standard InChI is InChI=1S/C23H16FN7O2S2/c1-29-19-16(20-21(29)27-22(34-20)18(28-33)13-6-3-2-4-7-13)11-25-30(23(19)32)12-14-8-5-9-17-15(14)10-26-31(17)35-24/h2-11,33H,12H2,1H3/b28-18-. The summed E-state index contributed by atoms with van der Waals surface area (Å²) in [4.78, 5) is 18.1. The Morgan fingerprint density at radius 1 is 1.11 bits per heavy atom. The predicted molar refractivity (Wildman–Crippen MR) is 135 cm³/mol. The third-order valence-corrected chi connectivity index (χ3v) is 7.44. The first kappa shape index (κ1) is 21.5. The van der Waals surface area contributed by atoms with Crippen molar-refractivity contribution in [2.75, 3.05) is 0 Å². The van der Waals surface area contributed by atoms with E-state index in [9.17, 15) is 13.9 Å². The van der Waals surface area contributed by atoms with Gasteiger partial charge in [0.25, 0.3) is 5.56 Å². The normalized spacial score (nSPS) is 12.3. The van der Waals surface area contributed by atoms with E-state index >= 15 is 0 Å².